The Kier molecular flexibility index (Phi) is 6.86. The van der Waals surface area contributed by atoms with E-state index in [1.54, 1.807) is 0 Å². The van der Waals surface area contributed by atoms with E-state index in [4.69, 9.17) is 15.0 Å². The molecule has 0 atom stereocenters. The third kappa shape index (κ3) is 4.79. The summed E-state index contributed by atoms with van der Waals surface area (Å²) in [5.41, 5.74) is 5.19. The fourth-order valence-electron chi connectivity index (χ4n) is 8.42. The molecule has 0 bridgehead atoms. The zero-order chi connectivity index (χ0) is 35.6. The van der Waals surface area contributed by atoms with Gasteiger partial charge in [0.2, 0.25) is 0 Å². The van der Waals surface area contributed by atoms with Gasteiger partial charge in [0.05, 0.1) is 0 Å². The Morgan fingerprint density at radius 1 is 0.241 bits per heavy atom. The number of rotatable bonds is 4. The Morgan fingerprint density at radius 2 is 0.648 bits per heavy atom. The Bertz CT molecular complexity index is 3180. The topological polar surface area (TPSA) is 38.7 Å². The molecule has 250 valence electrons. The van der Waals surface area contributed by atoms with E-state index in [-0.39, 0.29) is 0 Å². The minimum atomic E-state index is 0.638. The van der Waals surface area contributed by atoms with E-state index in [1.165, 1.54) is 48.7 Å². The first-order valence-electron chi connectivity index (χ1n) is 18.4. The molecular formula is C51H31N3. The molecule has 0 N–H and O–H groups in total. The zero-order valence-corrected chi connectivity index (χ0v) is 29.2. The van der Waals surface area contributed by atoms with Crippen LogP contribution in [0.3, 0.4) is 0 Å². The lowest BCUT2D eigenvalue weighted by Crippen LogP contribution is -2.01. The summed E-state index contributed by atoms with van der Waals surface area (Å²) in [6, 6.07) is 67.0. The molecule has 0 aliphatic rings. The lowest BCUT2D eigenvalue weighted by atomic mass is 9.87. The van der Waals surface area contributed by atoms with Crippen molar-refractivity contribution in [1.29, 1.82) is 0 Å². The molecule has 3 nitrogen and oxygen atoms in total. The van der Waals surface area contributed by atoms with Crippen molar-refractivity contribution in [2.45, 2.75) is 0 Å². The van der Waals surface area contributed by atoms with Gasteiger partial charge in [-0.2, -0.15) is 0 Å². The van der Waals surface area contributed by atoms with Crippen molar-refractivity contribution < 1.29 is 0 Å². The second-order valence-corrected chi connectivity index (χ2v) is 13.9. The summed E-state index contributed by atoms with van der Waals surface area (Å²) in [6.45, 7) is 0. The van der Waals surface area contributed by atoms with Crippen LogP contribution in [0.2, 0.25) is 0 Å². The second-order valence-electron chi connectivity index (χ2n) is 13.9. The maximum Gasteiger partial charge on any atom is 0.164 e. The SMILES string of the molecule is c1cc(-c2nc(-c3cccc4ccccc34)nc(-c3cccc4ccccc34)n2)cc(-c2cc3c4ccccc4c4ccccc4c3c3ccccc23)c1. The normalized spacial score (nSPS) is 11.7. The molecule has 1 aromatic heterocycles. The highest BCUT2D eigenvalue weighted by molar-refractivity contribution is 6.33. The van der Waals surface area contributed by atoms with Gasteiger partial charge in [0.1, 0.15) is 0 Å². The van der Waals surface area contributed by atoms with Gasteiger partial charge in [0.15, 0.2) is 17.5 Å². The number of hydrogen-bond donors (Lipinski definition) is 0. The molecule has 0 unspecified atom stereocenters. The summed E-state index contributed by atoms with van der Waals surface area (Å²) in [5, 5.41) is 14.6. The van der Waals surface area contributed by atoms with Crippen LogP contribution >= 0.6 is 0 Å². The van der Waals surface area contributed by atoms with Crippen LogP contribution in [0.15, 0.2) is 188 Å². The van der Waals surface area contributed by atoms with Crippen molar-refractivity contribution in [2.75, 3.05) is 0 Å². The molecular weight excluding hydrogens is 655 g/mol. The van der Waals surface area contributed by atoms with Crippen molar-refractivity contribution >= 4 is 64.6 Å². The molecule has 11 rings (SSSR count). The van der Waals surface area contributed by atoms with Crippen molar-refractivity contribution in [1.82, 2.24) is 15.0 Å². The van der Waals surface area contributed by atoms with Crippen LogP contribution < -0.4 is 0 Å². The first-order chi connectivity index (χ1) is 26.8. The smallest absolute Gasteiger partial charge is 0.164 e. The standard InChI is InChI=1S/C51H31N3/c1-3-20-36-32(14-1)16-12-28-44(36)50-52-49(53-51(54-50)45-29-13-17-33-15-2-4-21-37(33)45)35-19-11-18-34(30-35)46-31-47-40-24-6-5-22-38(40)39-23-7-9-26-42(39)48(47)43-27-10-8-25-41(43)46/h1-31H. The molecule has 0 aliphatic carbocycles. The van der Waals surface area contributed by atoms with Crippen molar-refractivity contribution in [2.24, 2.45) is 0 Å². The predicted molar refractivity (Wildman–Crippen MR) is 227 cm³/mol. The molecule has 1 heterocycles. The largest absolute Gasteiger partial charge is 0.208 e. The average molecular weight is 686 g/mol. The fraction of sp³-hybridized carbons (Fsp3) is 0. The maximum atomic E-state index is 5.23. The summed E-state index contributed by atoms with van der Waals surface area (Å²) in [7, 11) is 0. The second kappa shape index (κ2) is 12.2. The van der Waals surface area contributed by atoms with Crippen LogP contribution in [-0.4, -0.2) is 15.0 Å². The van der Waals surface area contributed by atoms with Crippen LogP contribution in [0.25, 0.3) is 110 Å². The van der Waals surface area contributed by atoms with Crippen molar-refractivity contribution in [3.63, 3.8) is 0 Å². The molecule has 0 radical (unpaired) electrons. The molecule has 0 saturated heterocycles. The number of fused-ring (bicyclic) bond motifs is 10. The highest BCUT2D eigenvalue weighted by atomic mass is 15.0. The number of nitrogens with zero attached hydrogens (tertiary/aromatic N) is 3. The Morgan fingerprint density at radius 3 is 1.26 bits per heavy atom. The van der Waals surface area contributed by atoms with Gasteiger partial charge in [-0.3, -0.25) is 0 Å². The summed E-state index contributed by atoms with van der Waals surface area (Å²) < 4.78 is 0. The number of aromatic nitrogens is 3. The lowest BCUT2D eigenvalue weighted by molar-refractivity contribution is 1.08. The van der Waals surface area contributed by atoms with Crippen LogP contribution in [0.1, 0.15) is 0 Å². The van der Waals surface area contributed by atoms with Gasteiger partial charge in [-0.15, -0.1) is 0 Å². The molecule has 10 aromatic carbocycles. The minimum Gasteiger partial charge on any atom is -0.208 e. The van der Waals surface area contributed by atoms with E-state index in [2.05, 4.69) is 188 Å². The molecule has 54 heavy (non-hydrogen) atoms. The van der Waals surface area contributed by atoms with Crippen LogP contribution in [0.5, 0.6) is 0 Å². The van der Waals surface area contributed by atoms with Crippen molar-refractivity contribution in [3.8, 4) is 45.3 Å². The monoisotopic (exact) mass is 685 g/mol. The van der Waals surface area contributed by atoms with Crippen molar-refractivity contribution in [3.05, 3.63) is 188 Å². The summed E-state index contributed by atoms with van der Waals surface area (Å²) in [4.78, 5) is 15.6. The summed E-state index contributed by atoms with van der Waals surface area (Å²) in [6.07, 6.45) is 0. The van der Waals surface area contributed by atoms with Crippen LogP contribution in [-0.2, 0) is 0 Å². The van der Waals surface area contributed by atoms with E-state index in [9.17, 15) is 0 Å². The molecule has 0 fully saturated rings. The van der Waals surface area contributed by atoms with E-state index in [0.717, 1.165) is 43.8 Å². The number of hydrogen-bond acceptors (Lipinski definition) is 3. The van der Waals surface area contributed by atoms with E-state index >= 15 is 0 Å². The van der Waals surface area contributed by atoms with E-state index < -0.39 is 0 Å². The van der Waals surface area contributed by atoms with E-state index in [0.29, 0.717) is 17.5 Å². The van der Waals surface area contributed by atoms with Gasteiger partial charge in [-0.25, -0.2) is 15.0 Å². The zero-order valence-electron chi connectivity index (χ0n) is 29.2. The van der Waals surface area contributed by atoms with E-state index in [1.807, 2.05) is 0 Å². The highest BCUT2D eigenvalue weighted by Gasteiger charge is 2.18. The van der Waals surface area contributed by atoms with Gasteiger partial charge >= 0.3 is 0 Å². The lowest BCUT2D eigenvalue weighted by Gasteiger charge is -2.16. The fourth-order valence-corrected chi connectivity index (χ4v) is 8.42. The molecule has 0 saturated carbocycles. The minimum absolute atomic E-state index is 0.638. The predicted octanol–water partition coefficient (Wildman–Crippen LogP) is 13.5. The molecule has 3 heteroatoms. The maximum absolute atomic E-state index is 5.23. The number of benzene rings is 10. The van der Waals surface area contributed by atoms with Gasteiger partial charge in [-0.05, 0) is 87.9 Å². The summed E-state index contributed by atoms with van der Waals surface area (Å²) in [5.74, 6) is 1.94. The highest BCUT2D eigenvalue weighted by Crippen LogP contribution is 2.43. The van der Waals surface area contributed by atoms with Crippen LogP contribution in [0, 0.1) is 0 Å². The summed E-state index contributed by atoms with van der Waals surface area (Å²) >= 11 is 0. The third-order valence-corrected chi connectivity index (χ3v) is 10.9. The quantitative estimate of drug-likeness (QED) is 0.173. The van der Waals surface area contributed by atoms with Gasteiger partial charge in [0.25, 0.3) is 0 Å². The van der Waals surface area contributed by atoms with Gasteiger partial charge in [0, 0.05) is 16.7 Å². The molecule has 0 spiro atoms. The Labute approximate surface area is 311 Å². The molecule has 0 aliphatic heterocycles. The molecule has 11 aromatic rings. The Hall–Kier alpha value is -7.23. The first-order valence-corrected chi connectivity index (χ1v) is 18.4. The van der Waals surface area contributed by atoms with Crippen LogP contribution in [0.4, 0.5) is 0 Å². The average Bonchev–Trinajstić information content (AvgIpc) is 3.25. The third-order valence-electron chi connectivity index (χ3n) is 10.9. The Balaban J connectivity index is 1.17. The van der Waals surface area contributed by atoms with Gasteiger partial charge < -0.3 is 0 Å². The molecule has 0 amide bonds. The first kappa shape index (κ1) is 30.4. The van der Waals surface area contributed by atoms with Gasteiger partial charge in [-0.1, -0.05) is 176 Å².